The average Bonchev–Trinajstić information content (AvgIpc) is 0.866. The summed E-state index contributed by atoms with van der Waals surface area (Å²) in [5.41, 5.74) is 10.7. The number of rotatable bonds is 40. The quantitative estimate of drug-likeness (QED) is 0.00254. The minimum atomic E-state index is -2.01. The van der Waals surface area contributed by atoms with Crippen LogP contribution in [0.5, 0.6) is 0 Å². The van der Waals surface area contributed by atoms with Gasteiger partial charge >= 0.3 is 18.0 Å². The Balaban J connectivity index is 1.38. The Labute approximate surface area is 556 Å². The van der Waals surface area contributed by atoms with Crippen molar-refractivity contribution in [3.05, 3.63) is 197 Å². The number of azide groups is 1. The number of aromatic amines is 1. The molecular weight excluding hydrogens is 1230 g/mol. The maximum atomic E-state index is 15.3. The number of esters is 1. The third kappa shape index (κ3) is 22.1. The van der Waals surface area contributed by atoms with Crippen LogP contribution in [0.1, 0.15) is 130 Å². The van der Waals surface area contributed by atoms with Crippen molar-refractivity contribution in [1.82, 2.24) is 42.2 Å². The number of carbonyl (C=O) groups excluding carboxylic acids is 10. The van der Waals surface area contributed by atoms with Crippen molar-refractivity contribution in [2.24, 2.45) is 11.0 Å². The summed E-state index contributed by atoms with van der Waals surface area (Å²) in [5.74, 6) is -11.4. The molecule has 0 fully saturated rings. The van der Waals surface area contributed by atoms with E-state index in [4.69, 9.17) is 9.47 Å². The number of ketones is 2. The number of para-hydroxylation sites is 1. The Morgan fingerprint density at radius 2 is 1.20 bits per heavy atom. The van der Waals surface area contributed by atoms with E-state index in [-0.39, 0.29) is 37.1 Å². The van der Waals surface area contributed by atoms with Gasteiger partial charge in [-0.25, -0.2) is 4.79 Å². The summed E-state index contributed by atoms with van der Waals surface area (Å²) < 4.78 is 10.1. The number of nitrogens with zero attached hydrogens (tertiary/aromatic N) is 3. The van der Waals surface area contributed by atoms with Gasteiger partial charge in [-0.15, -0.1) is 6.58 Å². The fourth-order valence-corrected chi connectivity index (χ4v) is 11.1. The second-order valence-electron chi connectivity index (χ2n) is 23.0. The number of hydrogen-bond acceptors (Lipinski definition) is 14. The zero-order valence-corrected chi connectivity index (χ0v) is 54.0. The van der Waals surface area contributed by atoms with Crippen LogP contribution in [0.25, 0.3) is 21.3 Å². The largest absolute Gasteiger partial charge is 0.480 e. The van der Waals surface area contributed by atoms with Gasteiger partial charge in [0.15, 0.2) is 11.6 Å². The second kappa shape index (κ2) is 38.3. The molecular formula is C71H83N11O14. The highest BCUT2D eigenvalue weighted by molar-refractivity contribution is 6.04. The van der Waals surface area contributed by atoms with E-state index in [2.05, 4.69) is 65.7 Å². The zero-order valence-electron chi connectivity index (χ0n) is 54.0. The Bertz CT molecular complexity index is 3610. The molecule has 96 heavy (non-hydrogen) atoms. The minimum absolute atomic E-state index is 0.0715. The number of ether oxygens (including phenoxy) is 2. The SMILES string of the molecule is C=CCCOC(=O)NC(CC(=O)c1ccccc1N=[N+]=[N-])C(=O)CC(C)C(NC(=O)C(CC(=O)OC)NC(=O)C(CC(=O)NC(c1ccccc1)(c1ccccc1)c1ccccc1)NC(=O)C(Cc1c[nH]c2ccccc12)NC(=O)CCCCCCCCC)C(=O)NCC(=O)O. The summed E-state index contributed by atoms with van der Waals surface area (Å²) >= 11 is 0. The number of H-pyrrole nitrogens is 1. The van der Waals surface area contributed by atoms with Crippen molar-refractivity contribution < 1.29 is 67.3 Å². The summed E-state index contributed by atoms with van der Waals surface area (Å²) in [7, 11) is 0.996. The number of aromatic nitrogens is 1. The Hall–Kier alpha value is -10.9. The van der Waals surface area contributed by atoms with Gasteiger partial charge in [0, 0.05) is 58.9 Å². The third-order valence-electron chi connectivity index (χ3n) is 16.0. The molecule has 0 aliphatic heterocycles. The van der Waals surface area contributed by atoms with Crippen LogP contribution in [-0.4, -0.2) is 126 Å². The van der Waals surface area contributed by atoms with Gasteiger partial charge in [-0.05, 0) is 52.6 Å². The summed E-state index contributed by atoms with van der Waals surface area (Å²) in [6, 6.07) is 31.1. The molecule has 506 valence electrons. The van der Waals surface area contributed by atoms with E-state index >= 15 is 14.4 Å². The monoisotopic (exact) mass is 1310 g/mol. The van der Waals surface area contributed by atoms with Crippen LogP contribution in [0.2, 0.25) is 0 Å². The lowest BCUT2D eigenvalue weighted by molar-refractivity contribution is -0.144. The molecule has 7 amide bonds. The Kier molecular flexibility index (Phi) is 29.6. The van der Waals surface area contributed by atoms with Crippen molar-refractivity contribution in [3.8, 4) is 0 Å². The summed E-state index contributed by atoms with van der Waals surface area (Å²) in [4.78, 5) is 161. The van der Waals surface area contributed by atoms with Crippen molar-refractivity contribution in [2.45, 2.75) is 139 Å². The van der Waals surface area contributed by atoms with E-state index in [1.54, 1.807) is 60.8 Å². The van der Waals surface area contributed by atoms with Crippen molar-refractivity contribution in [3.63, 3.8) is 0 Å². The molecule has 6 unspecified atom stereocenters. The maximum Gasteiger partial charge on any atom is 0.407 e. The molecule has 6 rings (SSSR count). The van der Waals surface area contributed by atoms with Gasteiger partial charge in [0.1, 0.15) is 36.3 Å². The summed E-state index contributed by atoms with van der Waals surface area (Å²) in [6.45, 7) is 5.85. The van der Waals surface area contributed by atoms with Gasteiger partial charge in [0.25, 0.3) is 0 Å². The molecule has 5 aromatic carbocycles. The molecule has 25 heteroatoms. The number of carboxylic acids is 1. The smallest absolute Gasteiger partial charge is 0.407 e. The molecule has 6 aromatic rings. The van der Waals surface area contributed by atoms with E-state index < -0.39 is 139 Å². The standard InChI is InChI=1S/C71H83N11O14/c1-5-7-9-10-11-12-22-37-61(85)75-56(40-47-44-73-53-35-25-23-33-51(47)53)66(90)76-57(42-62(86)80-71(48-27-16-13-17-28-48,49-29-18-14-19-30-49)50-31-20-15-21-32-50)67(91)77-58(43-64(89)95-4)68(92)79-65(69(93)74-45-63(87)88)46(3)39-60(84)55(78-70(94)96-38-8-6-2)41-59(83)52-34-24-26-36-54(52)81-82-72/h6,13-21,23-36,44,46,55-58,65,73H,2,5,7-12,22,37-43,45H2,1,3-4H3,(H,74,93)(H,75,85)(H,76,90)(H,77,91)(H,78,94)(H,79,92)(H,80,86)(H,87,88). The third-order valence-corrected chi connectivity index (χ3v) is 16.0. The second-order valence-corrected chi connectivity index (χ2v) is 23.0. The molecule has 1 aromatic heterocycles. The van der Waals surface area contributed by atoms with Gasteiger partial charge in [-0.3, -0.25) is 47.9 Å². The van der Waals surface area contributed by atoms with Crippen LogP contribution in [0.4, 0.5) is 10.5 Å². The number of benzene rings is 5. The van der Waals surface area contributed by atoms with E-state index in [1.165, 1.54) is 37.3 Å². The lowest BCUT2D eigenvalue weighted by Gasteiger charge is -2.37. The number of Topliss-reactive ketones (excluding diaryl/α,β-unsaturated/α-hetero) is 2. The fraction of sp³-hybridized carbons (Fsp3) is 0.366. The lowest BCUT2D eigenvalue weighted by atomic mass is 9.77. The fourth-order valence-electron chi connectivity index (χ4n) is 11.1. The lowest BCUT2D eigenvalue weighted by Crippen LogP contribution is -2.60. The Morgan fingerprint density at radius 3 is 1.80 bits per heavy atom. The molecule has 0 radical (unpaired) electrons. The van der Waals surface area contributed by atoms with Crippen LogP contribution >= 0.6 is 0 Å². The van der Waals surface area contributed by atoms with Crippen molar-refractivity contribution >= 4 is 81.6 Å². The number of amides is 7. The molecule has 0 bridgehead atoms. The Morgan fingerprint density at radius 1 is 0.635 bits per heavy atom. The van der Waals surface area contributed by atoms with E-state index in [0.717, 1.165) is 56.5 Å². The number of hydrogen-bond donors (Lipinski definition) is 9. The highest BCUT2D eigenvalue weighted by Gasteiger charge is 2.41. The van der Waals surface area contributed by atoms with Crippen molar-refractivity contribution in [1.29, 1.82) is 0 Å². The number of unbranched alkanes of at least 4 members (excludes halogenated alkanes) is 6. The number of methoxy groups -OCH3 is 1. The van der Waals surface area contributed by atoms with Crippen LogP contribution < -0.4 is 37.2 Å². The highest BCUT2D eigenvalue weighted by atomic mass is 16.5. The molecule has 9 N–H and O–H groups in total. The van der Waals surface area contributed by atoms with Crippen LogP contribution in [0.3, 0.4) is 0 Å². The average molecular weight is 1310 g/mol. The first-order valence-electron chi connectivity index (χ1n) is 31.9. The van der Waals surface area contributed by atoms with E-state index in [9.17, 15) is 49.0 Å². The number of aliphatic carboxylic acids is 1. The highest BCUT2D eigenvalue weighted by Crippen LogP contribution is 2.37. The first-order chi connectivity index (χ1) is 46.3. The van der Waals surface area contributed by atoms with Gasteiger partial charge in [0.2, 0.25) is 35.4 Å². The van der Waals surface area contributed by atoms with Gasteiger partial charge in [-0.2, -0.15) is 0 Å². The topological polar surface area (TPSA) is 375 Å². The van der Waals surface area contributed by atoms with Gasteiger partial charge in [-0.1, -0.05) is 197 Å². The normalized spacial score (nSPS) is 12.9. The predicted molar refractivity (Wildman–Crippen MR) is 358 cm³/mol. The number of carboxylic acid groups (broad SMARTS) is 1. The van der Waals surface area contributed by atoms with Gasteiger partial charge in [0.05, 0.1) is 32.6 Å². The van der Waals surface area contributed by atoms with Crippen molar-refractivity contribution in [2.75, 3.05) is 20.3 Å². The number of alkyl carbamates (subject to hydrolysis) is 1. The van der Waals surface area contributed by atoms with Crippen LogP contribution in [0, 0.1) is 5.92 Å². The number of carbonyl (C=O) groups is 11. The van der Waals surface area contributed by atoms with Crippen LogP contribution in [0.15, 0.2) is 163 Å². The van der Waals surface area contributed by atoms with E-state index in [1.807, 2.05) is 60.7 Å². The minimum Gasteiger partial charge on any atom is -0.480 e. The predicted octanol–water partition coefficient (Wildman–Crippen LogP) is 8.53. The maximum absolute atomic E-state index is 15.3. The summed E-state index contributed by atoms with van der Waals surface area (Å²) in [5, 5.41) is 32.1. The van der Waals surface area contributed by atoms with Gasteiger partial charge < -0.3 is 56.8 Å². The number of fused-ring (bicyclic) bond motifs is 1. The van der Waals surface area contributed by atoms with E-state index in [0.29, 0.717) is 28.7 Å². The molecule has 0 saturated heterocycles. The molecule has 0 aliphatic carbocycles. The molecule has 0 saturated carbocycles. The van der Waals surface area contributed by atoms with Crippen LogP contribution in [-0.2, 0) is 64.6 Å². The molecule has 25 nitrogen and oxygen atoms in total. The number of nitrogens with one attached hydrogen (secondary N) is 8. The molecule has 1 heterocycles. The molecule has 6 atom stereocenters. The zero-order chi connectivity index (χ0) is 69.4. The first kappa shape index (κ1) is 74.1. The molecule has 0 aliphatic rings. The first-order valence-corrected chi connectivity index (χ1v) is 31.9. The summed E-state index contributed by atoms with van der Waals surface area (Å²) in [6.07, 6.45) is 5.44. The molecule has 0 spiro atoms.